The molecule has 2 aromatic rings. The summed E-state index contributed by atoms with van der Waals surface area (Å²) in [5.41, 5.74) is 1.20. The van der Waals surface area contributed by atoms with Crippen LogP contribution in [0.1, 0.15) is 11.8 Å². The molecule has 1 aromatic carbocycles. The van der Waals surface area contributed by atoms with Gasteiger partial charge in [0.1, 0.15) is 5.75 Å². The summed E-state index contributed by atoms with van der Waals surface area (Å²) in [6.45, 7) is 4.28. The molecule has 1 aliphatic heterocycles. The lowest BCUT2D eigenvalue weighted by Gasteiger charge is -2.37. The van der Waals surface area contributed by atoms with E-state index in [-0.39, 0.29) is 6.04 Å². The Labute approximate surface area is 153 Å². The highest BCUT2D eigenvalue weighted by Crippen LogP contribution is 2.19. The third kappa shape index (κ3) is 4.29. The van der Waals surface area contributed by atoms with E-state index in [1.165, 1.54) is 17.7 Å². The van der Waals surface area contributed by atoms with Crippen LogP contribution in [0.15, 0.2) is 47.1 Å². The molecule has 7 heteroatoms. The molecule has 2 heterocycles. The third-order valence-corrected chi connectivity index (χ3v) is 4.86. The lowest BCUT2D eigenvalue weighted by atomic mass is 10.1. The number of piperazine rings is 1. The van der Waals surface area contributed by atoms with Crippen LogP contribution in [0, 0.1) is 0 Å². The maximum atomic E-state index is 11.5. The number of amides is 1. The Morgan fingerprint density at radius 2 is 1.96 bits per heavy atom. The van der Waals surface area contributed by atoms with Gasteiger partial charge < -0.3 is 29.0 Å². The predicted octanol–water partition coefficient (Wildman–Crippen LogP) is 1.09. The number of carbonyl (C=O) groups excluding carboxylic acids is 1. The number of nitrogens with one attached hydrogen (secondary N) is 2. The summed E-state index contributed by atoms with van der Waals surface area (Å²) < 4.78 is 15.5. The molecule has 0 bridgehead atoms. The molecule has 1 atom stereocenters. The molecule has 0 saturated carbocycles. The molecule has 0 unspecified atom stereocenters. The SMILES string of the molecule is COC(=O)NC[C@@H](c1ccco1)[NH+]1CCN(c2ccc(OC)cc2)CC1. The number of methoxy groups -OCH3 is 2. The number of hydrogen-bond acceptors (Lipinski definition) is 5. The number of quaternary nitrogens is 1. The van der Waals surface area contributed by atoms with Crippen LogP contribution in [-0.4, -0.2) is 53.0 Å². The van der Waals surface area contributed by atoms with E-state index in [0.29, 0.717) is 6.54 Å². The van der Waals surface area contributed by atoms with Crippen molar-refractivity contribution in [2.24, 2.45) is 0 Å². The topological polar surface area (TPSA) is 68.4 Å². The van der Waals surface area contributed by atoms with E-state index in [4.69, 9.17) is 13.9 Å². The van der Waals surface area contributed by atoms with Crippen LogP contribution in [0.4, 0.5) is 10.5 Å². The number of alkyl carbamates (subject to hydrolysis) is 1. The zero-order valence-electron chi connectivity index (χ0n) is 15.2. The van der Waals surface area contributed by atoms with E-state index >= 15 is 0 Å². The molecule has 3 rings (SSSR count). The first kappa shape index (κ1) is 18.1. The molecule has 1 saturated heterocycles. The fourth-order valence-electron chi connectivity index (χ4n) is 3.39. The normalized spacial score (nSPS) is 16.2. The number of furan rings is 1. The summed E-state index contributed by atoms with van der Waals surface area (Å²) in [6, 6.07) is 12.1. The Morgan fingerprint density at radius 3 is 2.54 bits per heavy atom. The van der Waals surface area contributed by atoms with Gasteiger partial charge >= 0.3 is 6.09 Å². The Hall–Kier alpha value is -2.67. The maximum Gasteiger partial charge on any atom is 0.407 e. The summed E-state index contributed by atoms with van der Waals surface area (Å²) in [6.07, 6.45) is 1.26. The summed E-state index contributed by atoms with van der Waals surface area (Å²) >= 11 is 0. The number of nitrogens with zero attached hydrogens (tertiary/aromatic N) is 1. The largest absolute Gasteiger partial charge is 0.497 e. The van der Waals surface area contributed by atoms with Gasteiger partial charge in [0.05, 0.1) is 53.2 Å². The number of benzene rings is 1. The zero-order chi connectivity index (χ0) is 18.4. The smallest absolute Gasteiger partial charge is 0.407 e. The maximum absolute atomic E-state index is 11.5. The van der Waals surface area contributed by atoms with Gasteiger partial charge in [-0.15, -0.1) is 0 Å². The molecular weight excluding hydrogens is 334 g/mol. The molecule has 26 heavy (non-hydrogen) atoms. The molecule has 0 radical (unpaired) electrons. The van der Waals surface area contributed by atoms with Crippen molar-refractivity contribution >= 4 is 11.8 Å². The van der Waals surface area contributed by atoms with Gasteiger partial charge in [0.2, 0.25) is 0 Å². The van der Waals surface area contributed by atoms with Crippen LogP contribution >= 0.6 is 0 Å². The number of carbonyl (C=O) groups is 1. The Morgan fingerprint density at radius 1 is 1.23 bits per heavy atom. The molecule has 7 nitrogen and oxygen atoms in total. The second-order valence-electron chi connectivity index (χ2n) is 6.28. The Balaban J connectivity index is 1.62. The van der Waals surface area contributed by atoms with E-state index in [0.717, 1.165) is 37.7 Å². The fourth-order valence-corrected chi connectivity index (χ4v) is 3.39. The lowest BCUT2D eigenvalue weighted by Crippen LogP contribution is -3.15. The summed E-state index contributed by atoms with van der Waals surface area (Å²) in [5.74, 6) is 1.75. The first-order valence-electron chi connectivity index (χ1n) is 8.80. The average molecular weight is 360 g/mol. The lowest BCUT2D eigenvalue weighted by molar-refractivity contribution is -0.932. The quantitative estimate of drug-likeness (QED) is 0.807. The van der Waals surface area contributed by atoms with Crippen LogP contribution < -0.4 is 19.9 Å². The van der Waals surface area contributed by atoms with Gasteiger partial charge in [-0.1, -0.05) is 0 Å². The predicted molar refractivity (Wildman–Crippen MR) is 97.8 cm³/mol. The van der Waals surface area contributed by atoms with E-state index in [1.54, 1.807) is 13.4 Å². The van der Waals surface area contributed by atoms with Crippen LogP contribution in [-0.2, 0) is 4.74 Å². The molecule has 0 spiro atoms. The first-order chi connectivity index (χ1) is 12.7. The highest BCUT2D eigenvalue weighted by molar-refractivity contribution is 5.66. The molecule has 1 fully saturated rings. The van der Waals surface area contributed by atoms with Gasteiger partial charge in [0.15, 0.2) is 11.8 Å². The molecule has 1 aromatic heterocycles. The van der Waals surface area contributed by atoms with Crippen molar-refractivity contribution in [1.29, 1.82) is 0 Å². The van der Waals surface area contributed by atoms with E-state index in [1.807, 2.05) is 24.3 Å². The number of rotatable bonds is 6. The van der Waals surface area contributed by atoms with E-state index < -0.39 is 6.09 Å². The van der Waals surface area contributed by atoms with Gasteiger partial charge in [0, 0.05) is 5.69 Å². The first-order valence-corrected chi connectivity index (χ1v) is 8.80. The van der Waals surface area contributed by atoms with Crippen LogP contribution in [0.2, 0.25) is 0 Å². The minimum atomic E-state index is -0.419. The fraction of sp³-hybridized carbons (Fsp3) is 0.421. The second kappa shape index (κ2) is 8.62. The molecule has 1 amide bonds. The van der Waals surface area contributed by atoms with Gasteiger partial charge in [-0.05, 0) is 36.4 Å². The van der Waals surface area contributed by atoms with Gasteiger partial charge in [-0.25, -0.2) is 4.79 Å². The number of hydrogen-bond donors (Lipinski definition) is 2. The van der Waals surface area contributed by atoms with Crippen molar-refractivity contribution in [3.8, 4) is 5.75 Å². The van der Waals surface area contributed by atoms with Crippen LogP contribution in [0.3, 0.4) is 0 Å². The van der Waals surface area contributed by atoms with Crippen LogP contribution in [0.5, 0.6) is 5.75 Å². The number of ether oxygens (including phenoxy) is 2. The minimum Gasteiger partial charge on any atom is -0.497 e. The highest BCUT2D eigenvalue weighted by atomic mass is 16.5. The molecule has 0 aliphatic carbocycles. The molecule has 1 aliphatic rings. The van der Waals surface area contributed by atoms with Gasteiger partial charge in [0.25, 0.3) is 0 Å². The summed E-state index contributed by atoms with van der Waals surface area (Å²) in [5, 5.41) is 2.80. The summed E-state index contributed by atoms with van der Waals surface area (Å²) in [4.78, 5) is 15.2. The van der Waals surface area contributed by atoms with Crippen molar-refractivity contribution in [1.82, 2.24) is 5.32 Å². The van der Waals surface area contributed by atoms with Crippen molar-refractivity contribution in [2.75, 3.05) is 51.8 Å². The molecule has 140 valence electrons. The molecule has 2 N–H and O–H groups in total. The zero-order valence-corrected chi connectivity index (χ0v) is 15.2. The molecular formula is C19H26N3O4+. The van der Waals surface area contributed by atoms with Crippen molar-refractivity contribution in [3.05, 3.63) is 48.4 Å². The van der Waals surface area contributed by atoms with Crippen LogP contribution in [0.25, 0.3) is 0 Å². The van der Waals surface area contributed by atoms with Crippen molar-refractivity contribution in [3.63, 3.8) is 0 Å². The van der Waals surface area contributed by atoms with Crippen molar-refractivity contribution < 1.29 is 23.6 Å². The van der Waals surface area contributed by atoms with E-state index in [9.17, 15) is 4.79 Å². The third-order valence-electron chi connectivity index (χ3n) is 4.86. The Kier molecular flexibility index (Phi) is 6.01. The Bertz CT molecular complexity index is 679. The van der Waals surface area contributed by atoms with Gasteiger partial charge in [-0.3, -0.25) is 0 Å². The minimum absolute atomic E-state index is 0.0714. The van der Waals surface area contributed by atoms with Crippen molar-refractivity contribution in [2.45, 2.75) is 6.04 Å². The van der Waals surface area contributed by atoms with E-state index in [2.05, 4.69) is 22.3 Å². The average Bonchev–Trinajstić information content (AvgIpc) is 3.23. The second-order valence-corrected chi connectivity index (χ2v) is 6.28. The highest BCUT2D eigenvalue weighted by Gasteiger charge is 2.31. The standard InChI is InChI=1S/C19H25N3O4/c1-24-16-7-5-15(6-8-16)21-9-11-22(12-10-21)17(14-20-19(23)25-2)18-4-3-13-26-18/h3-8,13,17H,9-12,14H2,1-2H3,(H,20,23)/p+1/t17-/m0/s1. The monoisotopic (exact) mass is 360 g/mol. The summed E-state index contributed by atoms with van der Waals surface area (Å²) in [7, 11) is 3.05. The number of anilines is 1. The van der Waals surface area contributed by atoms with Gasteiger partial charge in [-0.2, -0.15) is 0 Å².